The van der Waals surface area contributed by atoms with E-state index < -0.39 is 0 Å². The van der Waals surface area contributed by atoms with Crippen molar-refractivity contribution in [1.29, 1.82) is 0 Å². The summed E-state index contributed by atoms with van der Waals surface area (Å²) in [6.07, 6.45) is 0. The van der Waals surface area contributed by atoms with Gasteiger partial charge in [0.15, 0.2) is 0 Å². The van der Waals surface area contributed by atoms with E-state index in [-0.39, 0.29) is 0 Å². The fourth-order valence-corrected chi connectivity index (χ4v) is 1.87. The first kappa shape index (κ1) is 11.5. The Labute approximate surface area is 105 Å². The molecule has 1 aromatic carbocycles. The van der Waals surface area contributed by atoms with Gasteiger partial charge in [-0.25, -0.2) is 4.68 Å². The molecule has 0 N–H and O–H groups in total. The van der Waals surface area contributed by atoms with Crippen molar-refractivity contribution < 1.29 is 0 Å². The van der Waals surface area contributed by atoms with E-state index in [0.29, 0.717) is 11.7 Å². The molecule has 0 atom stereocenters. The maximum atomic E-state index is 6.17. The van der Waals surface area contributed by atoms with Crippen molar-refractivity contribution in [2.24, 2.45) is 0 Å². The van der Waals surface area contributed by atoms with E-state index in [4.69, 9.17) is 23.2 Å². The zero-order valence-corrected chi connectivity index (χ0v) is 10.7. The first-order chi connectivity index (χ1) is 7.58. The minimum atomic E-state index is 0.671. The Morgan fingerprint density at radius 3 is 2.25 bits per heavy atom. The first-order valence-corrected chi connectivity index (χ1v) is 5.77. The molecule has 0 unspecified atom stereocenters. The van der Waals surface area contributed by atoms with E-state index in [1.807, 2.05) is 38.1 Å². The highest BCUT2D eigenvalue weighted by molar-refractivity contribution is 6.30. The number of halogens is 2. The maximum absolute atomic E-state index is 6.17. The fraction of sp³-hybridized carbons (Fsp3) is 0.250. The number of hydrogen-bond acceptors (Lipinski definition) is 1. The molecule has 0 amide bonds. The van der Waals surface area contributed by atoms with Crippen LogP contribution in [-0.4, -0.2) is 9.78 Å². The van der Waals surface area contributed by atoms with Crippen molar-refractivity contribution in [3.63, 3.8) is 0 Å². The van der Waals surface area contributed by atoms with Crippen LogP contribution in [0.4, 0.5) is 0 Å². The summed E-state index contributed by atoms with van der Waals surface area (Å²) in [5.41, 5.74) is 3.14. The van der Waals surface area contributed by atoms with Crippen molar-refractivity contribution in [2.45, 2.75) is 20.4 Å². The zero-order chi connectivity index (χ0) is 11.7. The molecular formula is C12H12Cl2N2. The van der Waals surface area contributed by atoms with Crippen LogP contribution < -0.4 is 0 Å². The smallest absolute Gasteiger partial charge is 0.130 e. The second-order valence-corrected chi connectivity index (χ2v) is 4.58. The number of rotatable bonds is 2. The van der Waals surface area contributed by atoms with E-state index >= 15 is 0 Å². The molecule has 0 aliphatic rings. The van der Waals surface area contributed by atoms with E-state index in [1.54, 1.807) is 4.68 Å². The number of benzene rings is 1. The lowest BCUT2D eigenvalue weighted by Gasteiger charge is -2.03. The Kier molecular flexibility index (Phi) is 3.22. The van der Waals surface area contributed by atoms with Crippen LogP contribution in [0.15, 0.2) is 24.3 Å². The number of hydrogen-bond donors (Lipinski definition) is 0. The van der Waals surface area contributed by atoms with Gasteiger partial charge in [0.05, 0.1) is 12.2 Å². The van der Waals surface area contributed by atoms with Crippen LogP contribution in [0.1, 0.15) is 16.8 Å². The molecule has 1 heterocycles. The second kappa shape index (κ2) is 4.48. The quantitative estimate of drug-likeness (QED) is 0.796. The molecule has 0 aliphatic heterocycles. The predicted octanol–water partition coefficient (Wildman–Crippen LogP) is 3.86. The summed E-state index contributed by atoms with van der Waals surface area (Å²) in [5.74, 6) is 0. The maximum Gasteiger partial charge on any atom is 0.130 e. The molecule has 4 heteroatoms. The summed E-state index contributed by atoms with van der Waals surface area (Å²) in [6.45, 7) is 4.60. The van der Waals surface area contributed by atoms with Crippen LogP contribution in [0.3, 0.4) is 0 Å². The van der Waals surface area contributed by atoms with Gasteiger partial charge in [0, 0.05) is 10.6 Å². The molecule has 0 fully saturated rings. The zero-order valence-electron chi connectivity index (χ0n) is 9.17. The molecule has 2 nitrogen and oxygen atoms in total. The lowest BCUT2D eigenvalue weighted by atomic mass is 10.2. The molecule has 2 rings (SSSR count). The van der Waals surface area contributed by atoms with Crippen molar-refractivity contribution in [1.82, 2.24) is 9.78 Å². The Morgan fingerprint density at radius 1 is 1.12 bits per heavy atom. The van der Waals surface area contributed by atoms with Crippen molar-refractivity contribution >= 4 is 23.2 Å². The highest BCUT2D eigenvalue weighted by atomic mass is 35.5. The SMILES string of the molecule is Cc1nn(Cc2ccc(Cl)cc2)c(Cl)c1C. The number of aryl methyl sites for hydroxylation is 1. The molecule has 16 heavy (non-hydrogen) atoms. The van der Waals surface area contributed by atoms with Crippen LogP contribution in [-0.2, 0) is 6.54 Å². The van der Waals surface area contributed by atoms with Gasteiger partial charge in [-0.05, 0) is 31.5 Å². The largest absolute Gasteiger partial charge is 0.249 e. The van der Waals surface area contributed by atoms with Crippen molar-refractivity contribution in [2.75, 3.05) is 0 Å². The monoisotopic (exact) mass is 254 g/mol. The van der Waals surface area contributed by atoms with Gasteiger partial charge in [-0.3, -0.25) is 0 Å². The summed E-state index contributed by atoms with van der Waals surface area (Å²) in [5, 5.41) is 5.82. The van der Waals surface area contributed by atoms with E-state index in [2.05, 4.69) is 5.10 Å². The highest BCUT2D eigenvalue weighted by Gasteiger charge is 2.08. The third kappa shape index (κ3) is 2.23. The first-order valence-electron chi connectivity index (χ1n) is 5.02. The predicted molar refractivity (Wildman–Crippen MR) is 67.3 cm³/mol. The van der Waals surface area contributed by atoms with Crippen LogP contribution >= 0.6 is 23.2 Å². The summed E-state index contributed by atoms with van der Waals surface area (Å²) in [7, 11) is 0. The topological polar surface area (TPSA) is 17.8 Å². The minimum absolute atomic E-state index is 0.671. The molecular weight excluding hydrogens is 243 g/mol. The van der Waals surface area contributed by atoms with Gasteiger partial charge in [-0.15, -0.1) is 0 Å². The standard InChI is InChI=1S/C12H12Cl2N2/c1-8-9(2)15-16(12(8)14)7-10-3-5-11(13)6-4-10/h3-6H,7H2,1-2H3. The molecule has 2 aromatic rings. The summed E-state index contributed by atoms with van der Waals surface area (Å²) < 4.78 is 1.80. The molecule has 1 aromatic heterocycles. The van der Waals surface area contributed by atoms with Crippen molar-refractivity contribution in [3.05, 3.63) is 51.3 Å². The second-order valence-electron chi connectivity index (χ2n) is 3.79. The fourth-order valence-electron chi connectivity index (χ4n) is 1.51. The normalized spacial score (nSPS) is 10.8. The van der Waals surface area contributed by atoms with Crippen LogP contribution in [0.5, 0.6) is 0 Å². The lowest BCUT2D eigenvalue weighted by Crippen LogP contribution is -2.01. The van der Waals surface area contributed by atoms with Gasteiger partial charge in [0.1, 0.15) is 5.15 Å². The average Bonchev–Trinajstić information content (AvgIpc) is 2.50. The highest BCUT2D eigenvalue weighted by Crippen LogP contribution is 2.19. The van der Waals surface area contributed by atoms with Crippen LogP contribution in [0.25, 0.3) is 0 Å². The van der Waals surface area contributed by atoms with Gasteiger partial charge in [0.2, 0.25) is 0 Å². The average molecular weight is 255 g/mol. The summed E-state index contributed by atoms with van der Waals surface area (Å²) in [6, 6.07) is 7.69. The summed E-state index contributed by atoms with van der Waals surface area (Å²) >= 11 is 12.0. The third-order valence-electron chi connectivity index (χ3n) is 2.60. The molecule has 0 saturated heterocycles. The van der Waals surface area contributed by atoms with E-state index in [9.17, 15) is 0 Å². The van der Waals surface area contributed by atoms with E-state index in [0.717, 1.165) is 21.8 Å². The Morgan fingerprint density at radius 2 is 1.75 bits per heavy atom. The Bertz CT molecular complexity index is 500. The molecule has 0 bridgehead atoms. The van der Waals surface area contributed by atoms with Gasteiger partial charge in [0.25, 0.3) is 0 Å². The number of nitrogens with zero attached hydrogens (tertiary/aromatic N) is 2. The van der Waals surface area contributed by atoms with E-state index in [1.165, 1.54) is 0 Å². The summed E-state index contributed by atoms with van der Waals surface area (Å²) in [4.78, 5) is 0. The molecule has 0 saturated carbocycles. The Hall–Kier alpha value is -0.990. The molecule has 0 aliphatic carbocycles. The van der Waals surface area contributed by atoms with Gasteiger partial charge in [-0.2, -0.15) is 5.10 Å². The minimum Gasteiger partial charge on any atom is -0.249 e. The molecule has 0 spiro atoms. The molecule has 0 radical (unpaired) electrons. The van der Waals surface area contributed by atoms with Crippen LogP contribution in [0, 0.1) is 13.8 Å². The molecule has 84 valence electrons. The lowest BCUT2D eigenvalue weighted by molar-refractivity contribution is 0.680. The van der Waals surface area contributed by atoms with Crippen LogP contribution in [0.2, 0.25) is 10.2 Å². The Balaban J connectivity index is 2.27. The third-order valence-corrected chi connectivity index (χ3v) is 3.33. The van der Waals surface area contributed by atoms with Gasteiger partial charge >= 0.3 is 0 Å². The van der Waals surface area contributed by atoms with Crippen molar-refractivity contribution in [3.8, 4) is 0 Å². The van der Waals surface area contributed by atoms with Gasteiger partial charge < -0.3 is 0 Å². The van der Waals surface area contributed by atoms with Gasteiger partial charge in [-0.1, -0.05) is 35.3 Å². The number of aromatic nitrogens is 2.